The van der Waals surface area contributed by atoms with Crippen LogP contribution in [0.5, 0.6) is 0 Å². The molecule has 1 N–H and O–H groups in total. The van der Waals surface area contributed by atoms with Crippen molar-refractivity contribution in [2.24, 2.45) is 0 Å². The van der Waals surface area contributed by atoms with E-state index in [9.17, 15) is 0 Å². The highest BCUT2D eigenvalue weighted by Gasteiger charge is 2.14. The van der Waals surface area contributed by atoms with Crippen LogP contribution in [-0.2, 0) is 6.54 Å². The quantitative estimate of drug-likeness (QED) is 0.784. The van der Waals surface area contributed by atoms with Gasteiger partial charge in [-0.15, -0.1) is 11.3 Å². The molecule has 0 aliphatic heterocycles. The third-order valence-corrected chi connectivity index (χ3v) is 4.34. The van der Waals surface area contributed by atoms with E-state index in [0.717, 1.165) is 17.2 Å². The molecule has 5 heteroatoms. The van der Waals surface area contributed by atoms with Crippen LogP contribution in [0, 0.1) is 6.92 Å². The molecule has 0 bridgehead atoms. The van der Waals surface area contributed by atoms with E-state index in [4.69, 9.17) is 0 Å². The van der Waals surface area contributed by atoms with Crippen molar-refractivity contribution >= 4 is 11.3 Å². The summed E-state index contributed by atoms with van der Waals surface area (Å²) in [6.45, 7) is 5.05. The first kappa shape index (κ1) is 14.0. The summed E-state index contributed by atoms with van der Waals surface area (Å²) < 4.78 is 1.98. The van der Waals surface area contributed by atoms with Gasteiger partial charge in [-0.25, -0.2) is 9.67 Å². The van der Waals surface area contributed by atoms with E-state index in [1.807, 2.05) is 40.7 Å². The van der Waals surface area contributed by atoms with Crippen LogP contribution in [-0.4, -0.2) is 14.8 Å². The van der Waals surface area contributed by atoms with Crippen LogP contribution in [0.25, 0.3) is 5.69 Å². The highest BCUT2D eigenvalue weighted by molar-refractivity contribution is 7.09. The maximum absolute atomic E-state index is 4.52. The Morgan fingerprint density at radius 3 is 2.81 bits per heavy atom. The second-order valence-corrected chi connectivity index (χ2v) is 5.94. The van der Waals surface area contributed by atoms with Gasteiger partial charge in [0.25, 0.3) is 0 Å². The average molecular weight is 298 g/mol. The molecule has 1 aromatic carbocycles. The van der Waals surface area contributed by atoms with Crippen LogP contribution in [0.1, 0.15) is 29.2 Å². The fourth-order valence-corrected chi connectivity index (χ4v) is 2.93. The molecule has 2 aromatic heterocycles. The molecular formula is C16H18N4S. The molecule has 0 amide bonds. The lowest BCUT2D eigenvalue weighted by molar-refractivity contribution is 0.570. The van der Waals surface area contributed by atoms with E-state index >= 15 is 0 Å². The molecule has 0 saturated carbocycles. The van der Waals surface area contributed by atoms with Gasteiger partial charge in [0.1, 0.15) is 5.01 Å². The molecule has 0 aliphatic rings. The number of hydrogen-bond acceptors (Lipinski definition) is 4. The van der Waals surface area contributed by atoms with Crippen molar-refractivity contribution in [3.8, 4) is 5.69 Å². The van der Waals surface area contributed by atoms with Gasteiger partial charge in [-0.3, -0.25) is 0 Å². The topological polar surface area (TPSA) is 42.7 Å². The Kier molecular flexibility index (Phi) is 4.13. The molecule has 0 radical (unpaired) electrons. The van der Waals surface area contributed by atoms with Crippen LogP contribution in [0.15, 0.2) is 48.1 Å². The van der Waals surface area contributed by atoms with E-state index in [0.29, 0.717) is 0 Å². The van der Waals surface area contributed by atoms with E-state index in [1.54, 1.807) is 11.3 Å². The molecule has 0 aliphatic carbocycles. The third-order valence-electron chi connectivity index (χ3n) is 3.56. The van der Waals surface area contributed by atoms with E-state index < -0.39 is 0 Å². The number of nitrogens with zero attached hydrogens (tertiary/aromatic N) is 3. The van der Waals surface area contributed by atoms with Gasteiger partial charge in [0.05, 0.1) is 11.9 Å². The van der Waals surface area contributed by atoms with E-state index in [1.165, 1.54) is 11.3 Å². The first-order valence-corrected chi connectivity index (χ1v) is 7.85. The fraction of sp³-hybridized carbons (Fsp3) is 0.250. The number of thiazole rings is 1. The molecule has 2 heterocycles. The second-order valence-electron chi connectivity index (χ2n) is 4.96. The standard InChI is InChI=1S/C16H18N4S/c1-12(18-11-16-17-8-9-21-16)15-10-19-20(13(15)2)14-6-4-3-5-7-14/h3-10,12,18H,11H2,1-2H3. The van der Waals surface area contributed by atoms with Gasteiger partial charge < -0.3 is 5.32 Å². The molecule has 3 aromatic rings. The normalized spacial score (nSPS) is 12.5. The van der Waals surface area contributed by atoms with Gasteiger partial charge in [-0.05, 0) is 26.0 Å². The Hall–Kier alpha value is -1.98. The van der Waals surface area contributed by atoms with Crippen LogP contribution < -0.4 is 5.32 Å². The summed E-state index contributed by atoms with van der Waals surface area (Å²) in [6, 6.07) is 10.4. The lowest BCUT2D eigenvalue weighted by atomic mass is 10.1. The molecule has 1 atom stereocenters. The maximum atomic E-state index is 4.52. The lowest BCUT2D eigenvalue weighted by Gasteiger charge is -2.13. The molecule has 1 unspecified atom stereocenters. The van der Waals surface area contributed by atoms with Crippen molar-refractivity contribution in [2.75, 3.05) is 0 Å². The molecule has 0 saturated heterocycles. The van der Waals surface area contributed by atoms with Gasteiger partial charge in [-0.2, -0.15) is 5.10 Å². The summed E-state index contributed by atoms with van der Waals surface area (Å²) in [4.78, 5) is 4.29. The summed E-state index contributed by atoms with van der Waals surface area (Å²) in [5.74, 6) is 0. The Morgan fingerprint density at radius 2 is 2.10 bits per heavy atom. The van der Waals surface area contributed by atoms with Gasteiger partial charge in [0.15, 0.2) is 0 Å². The molecule has 0 fully saturated rings. The van der Waals surface area contributed by atoms with Gasteiger partial charge in [0.2, 0.25) is 0 Å². The van der Waals surface area contributed by atoms with Crippen molar-refractivity contribution in [2.45, 2.75) is 26.4 Å². The van der Waals surface area contributed by atoms with Crippen LogP contribution >= 0.6 is 11.3 Å². The van der Waals surface area contributed by atoms with Crippen molar-refractivity contribution in [3.63, 3.8) is 0 Å². The monoisotopic (exact) mass is 298 g/mol. The SMILES string of the molecule is Cc1c(C(C)NCc2nccs2)cnn1-c1ccccc1. The number of hydrogen-bond donors (Lipinski definition) is 1. The van der Waals surface area contributed by atoms with Crippen molar-refractivity contribution in [1.29, 1.82) is 0 Å². The Bertz CT molecular complexity index is 688. The highest BCUT2D eigenvalue weighted by Crippen LogP contribution is 2.20. The first-order chi connectivity index (χ1) is 10.3. The van der Waals surface area contributed by atoms with E-state index in [-0.39, 0.29) is 6.04 Å². The minimum Gasteiger partial charge on any atom is -0.304 e. The predicted octanol–water partition coefficient (Wildman–Crippen LogP) is 3.49. The van der Waals surface area contributed by atoms with E-state index in [2.05, 4.69) is 41.4 Å². The summed E-state index contributed by atoms with van der Waals surface area (Å²) >= 11 is 1.67. The predicted molar refractivity (Wildman–Crippen MR) is 85.7 cm³/mol. The fourth-order valence-electron chi connectivity index (χ4n) is 2.37. The smallest absolute Gasteiger partial charge is 0.106 e. The van der Waals surface area contributed by atoms with Crippen molar-refractivity contribution < 1.29 is 0 Å². The Balaban J connectivity index is 1.75. The number of aromatic nitrogens is 3. The largest absolute Gasteiger partial charge is 0.304 e. The van der Waals surface area contributed by atoms with Gasteiger partial charge in [-0.1, -0.05) is 18.2 Å². The number of para-hydroxylation sites is 1. The zero-order valence-electron chi connectivity index (χ0n) is 12.2. The maximum Gasteiger partial charge on any atom is 0.106 e. The van der Waals surface area contributed by atoms with Crippen LogP contribution in [0.4, 0.5) is 0 Å². The number of rotatable bonds is 5. The van der Waals surface area contributed by atoms with Crippen LogP contribution in [0.3, 0.4) is 0 Å². The number of benzene rings is 1. The summed E-state index contributed by atoms with van der Waals surface area (Å²) in [5, 5.41) is 11.1. The third kappa shape index (κ3) is 3.04. The molecule has 108 valence electrons. The molecular weight excluding hydrogens is 280 g/mol. The number of nitrogens with one attached hydrogen (secondary N) is 1. The highest BCUT2D eigenvalue weighted by atomic mass is 32.1. The summed E-state index contributed by atoms with van der Waals surface area (Å²) in [6.07, 6.45) is 3.78. The Labute approximate surface area is 128 Å². The minimum absolute atomic E-state index is 0.242. The molecule has 21 heavy (non-hydrogen) atoms. The summed E-state index contributed by atoms with van der Waals surface area (Å²) in [5.41, 5.74) is 3.48. The van der Waals surface area contributed by atoms with Gasteiger partial charge >= 0.3 is 0 Å². The lowest BCUT2D eigenvalue weighted by Crippen LogP contribution is -2.18. The van der Waals surface area contributed by atoms with Gasteiger partial charge in [0, 0.05) is 35.4 Å². The zero-order valence-corrected chi connectivity index (χ0v) is 13.0. The Morgan fingerprint density at radius 1 is 1.29 bits per heavy atom. The molecule has 4 nitrogen and oxygen atoms in total. The zero-order chi connectivity index (χ0) is 14.7. The van der Waals surface area contributed by atoms with Crippen LogP contribution in [0.2, 0.25) is 0 Å². The van der Waals surface area contributed by atoms with Crippen molar-refractivity contribution in [3.05, 3.63) is 64.4 Å². The molecule has 0 spiro atoms. The minimum atomic E-state index is 0.242. The average Bonchev–Trinajstić information content (AvgIpc) is 3.15. The molecule has 3 rings (SSSR count). The first-order valence-electron chi connectivity index (χ1n) is 6.97. The summed E-state index contributed by atoms with van der Waals surface area (Å²) in [7, 11) is 0. The van der Waals surface area contributed by atoms with Crippen molar-refractivity contribution in [1.82, 2.24) is 20.1 Å². The second kappa shape index (κ2) is 6.20.